The fraction of sp³-hybridized carbons (Fsp3) is 0.0769. The number of carboxylic acids is 1. The van der Waals surface area contributed by atoms with Gasteiger partial charge >= 0.3 is 5.97 Å². The van der Waals surface area contributed by atoms with Crippen molar-refractivity contribution in [2.45, 2.75) is 6.92 Å². The second-order valence-corrected chi connectivity index (χ2v) is 4.84. The first-order valence-electron chi connectivity index (χ1n) is 5.61. The van der Waals surface area contributed by atoms with Crippen LogP contribution in [0.25, 0.3) is 0 Å². The molecule has 1 amide bonds. The molecule has 0 aliphatic carbocycles. The molecule has 0 atom stereocenters. The summed E-state index contributed by atoms with van der Waals surface area (Å²) >= 11 is 3.31. The molecule has 2 N–H and O–H groups in total. The Hall–Kier alpha value is -2.28. The highest BCUT2D eigenvalue weighted by molar-refractivity contribution is 9.10. The number of aromatic nitrogens is 2. The Morgan fingerprint density at radius 3 is 2.65 bits per heavy atom. The molecule has 102 valence electrons. The summed E-state index contributed by atoms with van der Waals surface area (Å²) in [6, 6.07) is 5.92. The number of aryl methyl sites for hydroxylation is 1. The standard InChI is InChI=1S/C13H10BrN3O3/c1-7-5-11(15-6-8(7)14)17-12(18)9-3-2-4-10(16-9)13(19)20/h2-6H,1H3,(H,19,20)(H,15,17,18). The van der Waals surface area contributed by atoms with E-state index in [-0.39, 0.29) is 11.4 Å². The predicted molar refractivity (Wildman–Crippen MR) is 75.8 cm³/mol. The number of pyridine rings is 2. The van der Waals surface area contributed by atoms with Crippen molar-refractivity contribution < 1.29 is 14.7 Å². The lowest BCUT2D eigenvalue weighted by molar-refractivity contribution is 0.0690. The zero-order valence-electron chi connectivity index (χ0n) is 10.4. The normalized spacial score (nSPS) is 10.1. The molecule has 0 unspecified atom stereocenters. The number of hydrogen-bond donors (Lipinski definition) is 2. The Balaban J connectivity index is 2.21. The molecular formula is C13H10BrN3O3. The number of aromatic carboxylic acids is 1. The lowest BCUT2D eigenvalue weighted by Gasteiger charge is -2.06. The van der Waals surface area contributed by atoms with Crippen molar-refractivity contribution in [2.24, 2.45) is 0 Å². The van der Waals surface area contributed by atoms with E-state index in [0.717, 1.165) is 10.0 Å². The van der Waals surface area contributed by atoms with Gasteiger partial charge in [0.1, 0.15) is 17.2 Å². The van der Waals surface area contributed by atoms with Gasteiger partial charge in [-0.05, 0) is 46.6 Å². The van der Waals surface area contributed by atoms with Crippen molar-refractivity contribution in [1.82, 2.24) is 9.97 Å². The molecule has 0 saturated heterocycles. The topological polar surface area (TPSA) is 92.2 Å². The van der Waals surface area contributed by atoms with E-state index in [1.165, 1.54) is 18.2 Å². The van der Waals surface area contributed by atoms with Crippen LogP contribution in [0.2, 0.25) is 0 Å². The van der Waals surface area contributed by atoms with Crippen molar-refractivity contribution in [1.29, 1.82) is 0 Å². The summed E-state index contributed by atoms with van der Waals surface area (Å²) in [5.74, 6) is -1.32. The molecule has 7 heteroatoms. The van der Waals surface area contributed by atoms with Crippen LogP contribution in [0.5, 0.6) is 0 Å². The Kier molecular flexibility index (Phi) is 4.09. The van der Waals surface area contributed by atoms with Crippen LogP contribution in [0.3, 0.4) is 0 Å². The molecule has 0 aliphatic rings. The summed E-state index contributed by atoms with van der Waals surface area (Å²) in [4.78, 5) is 30.6. The van der Waals surface area contributed by atoms with Crippen molar-refractivity contribution in [2.75, 3.05) is 5.32 Å². The van der Waals surface area contributed by atoms with Crippen LogP contribution in [0.4, 0.5) is 5.82 Å². The molecular weight excluding hydrogens is 326 g/mol. The summed E-state index contributed by atoms with van der Waals surface area (Å²) < 4.78 is 0.835. The van der Waals surface area contributed by atoms with Gasteiger partial charge in [-0.25, -0.2) is 14.8 Å². The summed E-state index contributed by atoms with van der Waals surface area (Å²) in [6.45, 7) is 1.87. The monoisotopic (exact) mass is 335 g/mol. The second kappa shape index (κ2) is 5.79. The van der Waals surface area contributed by atoms with Gasteiger partial charge in [-0.15, -0.1) is 0 Å². The van der Waals surface area contributed by atoms with E-state index in [0.29, 0.717) is 5.82 Å². The molecule has 0 spiro atoms. The average Bonchev–Trinajstić information content (AvgIpc) is 2.43. The molecule has 0 aromatic carbocycles. The van der Waals surface area contributed by atoms with Gasteiger partial charge in [-0.2, -0.15) is 0 Å². The first kappa shape index (κ1) is 14.1. The Morgan fingerprint density at radius 1 is 1.30 bits per heavy atom. The van der Waals surface area contributed by atoms with E-state index in [1.807, 2.05) is 6.92 Å². The van der Waals surface area contributed by atoms with Crippen molar-refractivity contribution >= 4 is 33.6 Å². The number of nitrogens with one attached hydrogen (secondary N) is 1. The summed E-state index contributed by atoms with van der Waals surface area (Å²) in [5, 5.41) is 11.4. The molecule has 0 bridgehead atoms. The van der Waals surface area contributed by atoms with E-state index in [9.17, 15) is 9.59 Å². The number of anilines is 1. The Bertz CT molecular complexity index is 688. The molecule has 2 aromatic heterocycles. The fourth-order valence-corrected chi connectivity index (χ4v) is 1.69. The molecule has 0 radical (unpaired) electrons. The quantitative estimate of drug-likeness (QED) is 0.898. The van der Waals surface area contributed by atoms with E-state index in [1.54, 1.807) is 12.3 Å². The van der Waals surface area contributed by atoms with E-state index in [2.05, 4.69) is 31.2 Å². The van der Waals surface area contributed by atoms with Crippen LogP contribution in [-0.2, 0) is 0 Å². The third kappa shape index (κ3) is 3.18. The predicted octanol–water partition coefficient (Wildman–Crippen LogP) is 2.50. The second-order valence-electron chi connectivity index (χ2n) is 3.99. The molecule has 2 heterocycles. The van der Waals surface area contributed by atoms with Gasteiger partial charge in [0.25, 0.3) is 5.91 Å². The molecule has 6 nitrogen and oxygen atoms in total. The maximum Gasteiger partial charge on any atom is 0.354 e. The number of carboxylic acid groups (broad SMARTS) is 1. The fourth-order valence-electron chi connectivity index (χ4n) is 1.47. The highest BCUT2D eigenvalue weighted by Gasteiger charge is 2.12. The lowest BCUT2D eigenvalue weighted by Crippen LogP contribution is -2.16. The Morgan fingerprint density at radius 2 is 2.00 bits per heavy atom. The average molecular weight is 336 g/mol. The molecule has 0 aliphatic heterocycles. The lowest BCUT2D eigenvalue weighted by atomic mass is 10.2. The summed E-state index contributed by atoms with van der Waals surface area (Å²) in [5.41, 5.74) is 0.757. The molecule has 0 fully saturated rings. The van der Waals surface area contributed by atoms with E-state index >= 15 is 0 Å². The maximum absolute atomic E-state index is 12.0. The van der Waals surface area contributed by atoms with Crippen LogP contribution < -0.4 is 5.32 Å². The minimum absolute atomic E-state index is 0.0206. The van der Waals surface area contributed by atoms with Gasteiger partial charge in [0.15, 0.2) is 0 Å². The van der Waals surface area contributed by atoms with Gasteiger partial charge in [0.2, 0.25) is 0 Å². The number of nitrogens with zero attached hydrogens (tertiary/aromatic N) is 2. The largest absolute Gasteiger partial charge is 0.477 e. The van der Waals surface area contributed by atoms with Gasteiger partial charge < -0.3 is 10.4 Å². The number of carbonyl (C=O) groups excluding carboxylic acids is 1. The molecule has 20 heavy (non-hydrogen) atoms. The third-order valence-corrected chi connectivity index (χ3v) is 3.32. The zero-order chi connectivity index (χ0) is 14.7. The Labute approximate surface area is 123 Å². The van der Waals surface area contributed by atoms with Crippen LogP contribution in [-0.4, -0.2) is 27.0 Å². The third-order valence-electron chi connectivity index (χ3n) is 2.49. The minimum Gasteiger partial charge on any atom is -0.477 e. The molecule has 0 saturated carbocycles. The molecule has 2 aromatic rings. The maximum atomic E-state index is 12.0. The highest BCUT2D eigenvalue weighted by Crippen LogP contribution is 2.17. The van der Waals surface area contributed by atoms with Crippen LogP contribution in [0.15, 0.2) is 34.9 Å². The minimum atomic E-state index is -1.18. The number of rotatable bonds is 3. The van der Waals surface area contributed by atoms with Crippen LogP contribution >= 0.6 is 15.9 Å². The first-order chi connectivity index (χ1) is 9.47. The number of hydrogen-bond acceptors (Lipinski definition) is 4. The van der Waals surface area contributed by atoms with E-state index < -0.39 is 11.9 Å². The number of amides is 1. The molecule has 2 rings (SSSR count). The van der Waals surface area contributed by atoms with Gasteiger partial charge in [0.05, 0.1) is 0 Å². The van der Waals surface area contributed by atoms with Gasteiger partial charge in [-0.3, -0.25) is 4.79 Å². The van der Waals surface area contributed by atoms with Crippen LogP contribution in [0.1, 0.15) is 26.5 Å². The highest BCUT2D eigenvalue weighted by atomic mass is 79.9. The number of halogens is 1. The van der Waals surface area contributed by atoms with Gasteiger partial charge in [0, 0.05) is 10.7 Å². The number of carbonyl (C=O) groups is 2. The summed E-state index contributed by atoms with van der Waals surface area (Å²) in [7, 11) is 0. The SMILES string of the molecule is Cc1cc(NC(=O)c2cccc(C(=O)O)n2)ncc1Br. The van der Waals surface area contributed by atoms with E-state index in [4.69, 9.17) is 5.11 Å². The van der Waals surface area contributed by atoms with Crippen molar-refractivity contribution in [3.8, 4) is 0 Å². The first-order valence-corrected chi connectivity index (χ1v) is 6.40. The summed E-state index contributed by atoms with van der Waals surface area (Å²) in [6.07, 6.45) is 1.58. The van der Waals surface area contributed by atoms with Crippen molar-refractivity contribution in [3.63, 3.8) is 0 Å². The van der Waals surface area contributed by atoms with Crippen molar-refractivity contribution in [3.05, 3.63) is 51.9 Å². The van der Waals surface area contributed by atoms with Crippen LogP contribution in [0, 0.1) is 6.92 Å². The van der Waals surface area contributed by atoms with Gasteiger partial charge in [-0.1, -0.05) is 6.07 Å². The smallest absolute Gasteiger partial charge is 0.354 e. The zero-order valence-corrected chi connectivity index (χ0v) is 12.0.